The first-order valence-electron chi connectivity index (χ1n) is 7.45. The number of carbonyl (C=O) groups is 2. The summed E-state index contributed by atoms with van der Waals surface area (Å²) in [5, 5.41) is 11.6. The van der Waals surface area contributed by atoms with Crippen molar-refractivity contribution in [3.8, 4) is 0 Å². The third-order valence-corrected chi connectivity index (χ3v) is 3.56. The molecule has 0 heterocycles. The van der Waals surface area contributed by atoms with E-state index in [0.29, 0.717) is 12.5 Å². The van der Waals surface area contributed by atoms with Gasteiger partial charge in [0.25, 0.3) is 0 Å². The number of amides is 1. The van der Waals surface area contributed by atoms with E-state index in [0.717, 1.165) is 11.6 Å². The van der Waals surface area contributed by atoms with E-state index in [9.17, 15) is 23.5 Å². The molecule has 2 N–H and O–H groups in total. The number of aliphatic carboxylic acids is 1. The van der Waals surface area contributed by atoms with Crippen LogP contribution < -0.4 is 5.32 Å². The van der Waals surface area contributed by atoms with Crippen LogP contribution in [0.3, 0.4) is 0 Å². The normalized spacial score (nSPS) is 11.8. The van der Waals surface area contributed by atoms with Crippen molar-refractivity contribution in [1.82, 2.24) is 5.32 Å². The average Bonchev–Trinajstić information content (AvgIpc) is 2.55. The summed E-state index contributed by atoms with van der Waals surface area (Å²) in [6, 6.07) is 11.1. The number of carbonyl (C=O) groups excluding carboxylic acids is 1. The van der Waals surface area contributed by atoms with Crippen molar-refractivity contribution in [2.24, 2.45) is 0 Å². The van der Waals surface area contributed by atoms with Gasteiger partial charge in [-0.1, -0.05) is 36.4 Å². The van der Waals surface area contributed by atoms with Gasteiger partial charge in [-0.15, -0.1) is 0 Å². The fourth-order valence-corrected chi connectivity index (χ4v) is 2.30. The summed E-state index contributed by atoms with van der Waals surface area (Å²) >= 11 is 0. The van der Waals surface area contributed by atoms with E-state index >= 15 is 0 Å². The highest BCUT2D eigenvalue weighted by molar-refractivity contribution is 5.84. The van der Waals surface area contributed by atoms with Crippen LogP contribution in [0.15, 0.2) is 48.5 Å². The van der Waals surface area contributed by atoms with Crippen molar-refractivity contribution in [3.63, 3.8) is 0 Å². The van der Waals surface area contributed by atoms with Crippen molar-refractivity contribution in [3.05, 3.63) is 71.3 Å². The Bertz CT molecular complexity index is 719. The standard InChI is InChI=1S/C18H17F2NO3/c19-14-8-7-13(15(20)11-14)10-17(22)21-16(18(23)24)9-6-12-4-2-1-3-5-12/h1-5,7-8,11,16H,6,9-10H2,(H,21,22)(H,23,24)/t16-/m0/s1. The summed E-state index contributed by atoms with van der Waals surface area (Å²) in [5.41, 5.74) is 0.976. The molecule has 0 bridgehead atoms. The topological polar surface area (TPSA) is 66.4 Å². The van der Waals surface area contributed by atoms with E-state index in [4.69, 9.17) is 0 Å². The van der Waals surface area contributed by atoms with E-state index < -0.39 is 29.6 Å². The lowest BCUT2D eigenvalue weighted by molar-refractivity contribution is -0.141. The first-order valence-corrected chi connectivity index (χ1v) is 7.45. The maximum absolute atomic E-state index is 13.5. The van der Waals surface area contributed by atoms with Gasteiger partial charge in [0.2, 0.25) is 5.91 Å². The average molecular weight is 333 g/mol. The van der Waals surface area contributed by atoms with Gasteiger partial charge in [0.15, 0.2) is 0 Å². The van der Waals surface area contributed by atoms with E-state index in [1.165, 1.54) is 6.07 Å². The van der Waals surface area contributed by atoms with Crippen LogP contribution in [-0.2, 0) is 22.4 Å². The Hall–Kier alpha value is -2.76. The van der Waals surface area contributed by atoms with Crippen LogP contribution >= 0.6 is 0 Å². The lowest BCUT2D eigenvalue weighted by Gasteiger charge is -2.15. The second kappa shape index (κ2) is 8.19. The molecule has 0 saturated carbocycles. The molecule has 2 aromatic carbocycles. The molecule has 4 nitrogen and oxygen atoms in total. The van der Waals surface area contributed by atoms with Crippen LogP contribution in [0.2, 0.25) is 0 Å². The number of halogens is 2. The third kappa shape index (κ3) is 5.15. The molecule has 2 rings (SSSR count). The predicted molar refractivity (Wildman–Crippen MR) is 84.4 cm³/mol. The largest absolute Gasteiger partial charge is 0.480 e. The van der Waals surface area contributed by atoms with Crippen molar-refractivity contribution in [2.75, 3.05) is 0 Å². The molecule has 0 aliphatic rings. The molecule has 0 unspecified atom stereocenters. The summed E-state index contributed by atoms with van der Waals surface area (Å²) in [5.74, 6) is -3.34. The van der Waals surface area contributed by atoms with Crippen LogP contribution in [-0.4, -0.2) is 23.0 Å². The van der Waals surface area contributed by atoms with Crippen molar-refractivity contribution in [1.29, 1.82) is 0 Å². The lowest BCUT2D eigenvalue weighted by Crippen LogP contribution is -2.41. The monoisotopic (exact) mass is 333 g/mol. The van der Waals surface area contributed by atoms with E-state index in [-0.39, 0.29) is 18.4 Å². The number of hydrogen-bond acceptors (Lipinski definition) is 2. The highest BCUT2D eigenvalue weighted by Gasteiger charge is 2.20. The minimum Gasteiger partial charge on any atom is -0.480 e. The van der Waals surface area contributed by atoms with Crippen LogP contribution in [0, 0.1) is 11.6 Å². The first-order chi connectivity index (χ1) is 11.5. The van der Waals surface area contributed by atoms with Gasteiger partial charge in [0.05, 0.1) is 6.42 Å². The third-order valence-electron chi connectivity index (χ3n) is 3.56. The predicted octanol–water partition coefficient (Wildman–Crippen LogP) is 2.71. The molecule has 126 valence electrons. The Labute approximate surface area is 138 Å². The lowest BCUT2D eigenvalue weighted by atomic mass is 10.0. The van der Waals surface area contributed by atoms with Crippen LogP contribution in [0.4, 0.5) is 8.78 Å². The zero-order valence-corrected chi connectivity index (χ0v) is 12.8. The maximum atomic E-state index is 13.5. The van der Waals surface area contributed by atoms with Gasteiger partial charge in [-0.3, -0.25) is 4.79 Å². The fraction of sp³-hybridized carbons (Fsp3) is 0.222. The molecule has 0 spiro atoms. The van der Waals surface area contributed by atoms with Gasteiger partial charge in [0, 0.05) is 6.07 Å². The number of nitrogens with one attached hydrogen (secondary N) is 1. The quantitative estimate of drug-likeness (QED) is 0.819. The molecule has 6 heteroatoms. The molecule has 0 fully saturated rings. The Morgan fingerprint density at radius 3 is 2.42 bits per heavy atom. The highest BCUT2D eigenvalue weighted by atomic mass is 19.1. The molecule has 24 heavy (non-hydrogen) atoms. The minimum absolute atomic E-state index is 0.0149. The van der Waals surface area contributed by atoms with Crippen LogP contribution in [0.5, 0.6) is 0 Å². The number of aryl methyl sites for hydroxylation is 1. The van der Waals surface area contributed by atoms with Crippen molar-refractivity contribution in [2.45, 2.75) is 25.3 Å². The number of benzene rings is 2. The molecule has 1 amide bonds. The highest BCUT2D eigenvalue weighted by Crippen LogP contribution is 2.11. The molecular weight excluding hydrogens is 316 g/mol. The molecule has 0 radical (unpaired) electrons. The Kier molecular flexibility index (Phi) is 6.01. The van der Waals surface area contributed by atoms with Gasteiger partial charge < -0.3 is 10.4 Å². The molecular formula is C18H17F2NO3. The Balaban J connectivity index is 1.94. The number of rotatable bonds is 7. The van der Waals surface area contributed by atoms with E-state index in [2.05, 4.69) is 5.32 Å². The summed E-state index contributed by atoms with van der Waals surface area (Å²) in [6.07, 6.45) is 0.362. The molecule has 0 saturated heterocycles. The summed E-state index contributed by atoms with van der Waals surface area (Å²) in [4.78, 5) is 23.2. The number of hydrogen-bond donors (Lipinski definition) is 2. The first kappa shape index (κ1) is 17.6. The van der Waals surface area contributed by atoms with Crippen molar-refractivity contribution >= 4 is 11.9 Å². The van der Waals surface area contributed by atoms with Gasteiger partial charge >= 0.3 is 5.97 Å². The fourth-order valence-electron chi connectivity index (χ4n) is 2.30. The maximum Gasteiger partial charge on any atom is 0.326 e. The minimum atomic E-state index is -1.15. The van der Waals surface area contributed by atoms with Crippen molar-refractivity contribution < 1.29 is 23.5 Å². The summed E-state index contributed by atoms with van der Waals surface area (Å²) in [6.45, 7) is 0. The second-order valence-corrected chi connectivity index (χ2v) is 5.40. The van der Waals surface area contributed by atoms with Gasteiger partial charge in [-0.2, -0.15) is 0 Å². The molecule has 0 aromatic heterocycles. The Morgan fingerprint density at radius 1 is 1.08 bits per heavy atom. The van der Waals surface area contributed by atoms with Crippen LogP contribution in [0.25, 0.3) is 0 Å². The zero-order valence-electron chi connectivity index (χ0n) is 12.8. The zero-order chi connectivity index (χ0) is 17.5. The second-order valence-electron chi connectivity index (χ2n) is 5.40. The molecule has 2 aromatic rings. The van der Waals surface area contributed by atoms with Crippen LogP contribution in [0.1, 0.15) is 17.5 Å². The molecule has 0 aliphatic carbocycles. The number of carboxylic acid groups (broad SMARTS) is 1. The van der Waals surface area contributed by atoms with E-state index in [1.807, 2.05) is 30.3 Å². The van der Waals surface area contributed by atoms with Gasteiger partial charge in [-0.05, 0) is 30.0 Å². The van der Waals surface area contributed by atoms with E-state index in [1.54, 1.807) is 0 Å². The van der Waals surface area contributed by atoms with Gasteiger partial charge in [0.1, 0.15) is 17.7 Å². The summed E-state index contributed by atoms with van der Waals surface area (Å²) in [7, 11) is 0. The SMILES string of the molecule is O=C(Cc1ccc(F)cc1F)N[C@@H](CCc1ccccc1)C(=O)O. The Morgan fingerprint density at radius 2 is 1.79 bits per heavy atom. The summed E-state index contributed by atoms with van der Waals surface area (Å²) < 4.78 is 26.4. The number of carboxylic acids is 1. The smallest absolute Gasteiger partial charge is 0.326 e. The molecule has 1 atom stereocenters. The van der Waals surface area contributed by atoms with Gasteiger partial charge in [-0.25, -0.2) is 13.6 Å². The molecule has 0 aliphatic heterocycles.